The van der Waals surface area contributed by atoms with Crippen LogP contribution < -0.4 is 16.2 Å². The van der Waals surface area contributed by atoms with Crippen molar-refractivity contribution in [3.63, 3.8) is 0 Å². The van der Waals surface area contributed by atoms with Gasteiger partial charge in [-0.05, 0) is 46.6 Å². The molecule has 1 rings (SSSR count). The number of aromatic amines is 1. The molecule has 7 heteroatoms. The topological polar surface area (TPSA) is 68.9 Å². The monoisotopic (exact) mass is 374 g/mol. The van der Waals surface area contributed by atoms with Crippen LogP contribution in [0.1, 0.15) is 50.0 Å². The zero-order chi connectivity index (χ0) is 15.7. The van der Waals surface area contributed by atoms with Crippen molar-refractivity contribution in [1.29, 1.82) is 0 Å². The van der Waals surface area contributed by atoms with Crippen LogP contribution in [0.3, 0.4) is 0 Å². The van der Waals surface area contributed by atoms with E-state index in [9.17, 15) is 4.79 Å². The predicted octanol–water partition coefficient (Wildman–Crippen LogP) is 3.10. The highest BCUT2D eigenvalue weighted by Gasteiger charge is 2.09. The molecule has 0 fully saturated rings. The number of amides is 1. The van der Waals surface area contributed by atoms with Crippen LogP contribution in [0.25, 0.3) is 0 Å². The summed E-state index contributed by atoms with van der Waals surface area (Å²) in [6.45, 7) is 5.20. The molecule has 118 valence electrons. The zero-order valence-corrected chi connectivity index (χ0v) is 14.9. The molecular weight excluding hydrogens is 352 g/mol. The van der Waals surface area contributed by atoms with Gasteiger partial charge < -0.3 is 10.3 Å². The molecule has 1 aromatic heterocycles. The molecule has 0 aliphatic rings. The average molecular weight is 375 g/mol. The van der Waals surface area contributed by atoms with E-state index in [2.05, 4.69) is 50.9 Å². The van der Waals surface area contributed by atoms with E-state index in [1.807, 2.05) is 0 Å². The van der Waals surface area contributed by atoms with Gasteiger partial charge in [-0.15, -0.1) is 0 Å². The summed E-state index contributed by atoms with van der Waals surface area (Å²) in [4.78, 5) is 14.6. The Morgan fingerprint density at radius 3 is 2.76 bits per heavy atom. The number of thiocarbonyl (C=S) groups is 1. The fourth-order valence-electron chi connectivity index (χ4n) is 1.90. The first-order valence-corrected chi connectivity index (χ1v) is 8.45. The molecule has 0 aromatic carbocycles. The average Bonchev–Trinajstić information content (AvgIpc) is 2.91. The van der Waals surface area contributed by atoms with Crippen LogP contribution in [0, 0.1) is 5.92 Å². The summed E-state index contributed by atoms with van der Waals surface area (Å²) in [5, 5.41) is 3.57. The van der Waals surface area contributed by atoms with Crippen molar-refractivity contribution in [2.24, 2.45) is 5.92 Å². The molecule has 0 saturated heterocycles. The minimum atomic E-state index is -0.261. The van der Waals surface area contributed by atoms with Crippen molar-refractivity contribution in [2.45, 2.75) is 39.5 Å². The van der Waals surface area contributed by atoms with Crippen molar-refractivity contribution in [3.8, 4) is 0 Å². The highest BCUT2D eigenvalue weighted by Crippen LogP contribution is 2.11. The molecule has 0 spiro atoms. The summed E-state index contributed by atoms with van der Waals surface area (Å²) in [6.07, 6.45) is 6.47. The molecule has 0 radical (unpaired) electrons. The Hall–Kier alpha value is -1.08. The first-order valence-electron chi connectivity index (χ1n) is 7.24. The summed E-state index contributed by atoms with van der Waals surface area (Å²) >= 11 is 8.43. The maximum Gasteiger partial charge on any atom is 0.286 e. The van der Waals surface area contributed by atoms with Crippen LogP contribution in [0.5, 0.6) is 0 Å². The Kier molecular flexibility index (Phi) is 8.37. The van der Waals surface area contributed by atoms with Crippen LogP contribution in [0.15, 0.2) is 16.7 Å². The summed E-state index contributed by atoms with van der Waals surface area (Å²) in [6, 6.07) is 1.70. The normalized spacial score (nSPS) is 11.8. The van der Waals surface area contributed by atoms with Gasteiger partial charge in [-0.25, -0.2) is 0 Å². The number of aromatic nitrogens is 1. The molecule has 1 heterocycles. The van der Waals surface area contributed by atoms with E-state index in [0.29, 0.717) is 16.7 Å². The second-order valence-electron chi connectivity index (χ2n) is 4.94. The number of hydrogen-bond acceptors (Lipinski definition) is 2. The lowest BCUT2D eigenvalue weighted by Gasteiger charge is -2.17. The molecule has 0 saturated carbocycles. The molecule has 5 nitrogen and oxygen atoms in total. The van der Waals surface area contributed by atoms with E-state index in [0.717, 1.165) is 17.4 Å². The third kappa shape index (κ3) is 6.95. The van der Waals surface area contributed by atoms with Gasteiger partial charge in [0.2, 0.25) is 0 Å². The fourth-order valence-corrected chi connectivity index (χ4v) is 2.38. The standard InChI is InChI=1S/C14H23BrN4OS/c1-3-5-6-10(4-2)8-17-14(21)19-18-13(20)12-7-11(15)9-16-12/h7,9-10,16H,3-6,8H2,1-2H3,(H,18,20)(H2,17,19,21)/t10-/m1/s1. The quantitative estimate of drug-likeness (QED) is 0.437. The van der Waals surface area contributed by atoms with Crippen LogP contribution >= 0.6 is 28.1 Å². The van der Waals surface area contributed by atoms with Crippen LogP contribution in [-0.4, -0.2) is 22.5 Å². The number of nitrogens with one attached hydrogen (secondary N) is 4. The lowest BCUT2D eigenvalue weighted by molar-refractivity contribution is 0.0939. The SMILES string of the molecule is CCCC[C@@H](CC)CNC(=S)NNC(=O)c1cc(Br)c[nH]1. The number of unbranched alkanes of at least 4 members (excludes halogenated alkanes) is 1. The molecule has 1 amide bonds. The number of carbonyl (C=O) groups excluding carboxylic acids is 1. The first-order chi connectivity index (χ1) is 10.1. The number of halogens is 1. The molecule has 0 unspecified atom stereocenters. The lowest BCUT2D eigenvalue weighted by Crippen LogP contribution is -2.47. The van der Waals surface area contributed by atoms with E-state index in [1.165, 1.54) is 19.3 Å². The van der Waals surface area contributed by atoms with Crippen molar-refractivity contribution in [3.05, 3.63) is 22.4 Å². The maximum atomic E-state index is 11.8. The van der Waals surface area contributed by atoms with E-state index in [4.69, 9.17) is 12.2 Å². The van der Waals surface area contributed by atoms with Gasteiger partial charge in [0.15, 0.2) is 5.11 Å². The Labute approximate surface area is 139 Å². The molecule has 4 N–H and O–H groups in total. The van der Waals surface area contributed by atoms with E-state index in [-0.39, 0.29) is 5.91 Å². The van der Waals surface area contributed by atoms with Crippen LogP contribution in [-0.2, 0) is 0 Å². The predicted molar refractivity (Wildman–Crippen MR) is 93.0 cm³/mol. The molecular formula is C14H23BrN4OS. The Morgan fingerprint density at radius 2 is 2.19 bits per heavy atom. The van der Waals surface area contributed by atoms with Crippen molar-refractivity contribution < 1.29 is 4.79 Å². The molecule has 1 aromatic rings. The van der Waals surface area contributed by atoms with Gasteiger partial charge in [-0.2, -0.15) is 0 Å². The van der Waals surface area contributed by atoms with Gasteiger partial charge in [0, 0.05) is 17.2 Å². The zero-order valence-electron chi connectivity index (χ0n) is 12.5. The molecule has 21 heavy (non-hydrogen) atoms. The summed E-state index contributed by atoms with van der Waals surface area (Å²) in [5.74, 6) is 0.350. The van der Waals surface area contributed by atoms with Crippen molar-refractivity contribution >= 4 is 39.2 Å². The van der Waals surface area contributed by atoms with Gasteiger partial charge in [-0.3, -0.25) is 15.6 Å². The van der Waals surface area contributed by atoms with E-state index in [1.54, 1.807) is 12.3 Å². The summed E-state index contributed by atoms with van der Waals surface area (Å²) in [5.41, 5.74) is 5.73. The van der Waals surface area contributed by atoms with E-state index < -0.39 is 0 Å². The fraction of sp³-hybridized carbons (Fsp3) is 0.571. The maximum absolute atomic E-state index is 11.8. The van der Waals surface area contributed by atoms with Crippen molar-refractivity contribution in [2.75, 3.05) is 6.54 Å². The second kappa shape index (κ2) is 9.78. The highest BCUT2D eigenvalue weighted by molar-refractivity contribution is 9.10. The number of carbonyl (C=O) groups is 1. The smallest absolute Gasteiger partial charge is 0.286 e. The molecule has 1 atom stereocenters. The molecule has 0 aliphatic carbocycles. The summed E-state index contributed by atoms with van der Waals surface area (Å²) < 4.78 is 0.829. The number of hydrogen-bond donors (Lipinski definition) is 4. The van der Waals surface area contributed by atoms with Gasteiger partial charge in [-0.1, -0.05) is 33.1 Å². The van der Waals surface area contributed by atoms with E-state index >= 15 is 0 Å². The van der Waals surface area contributed by atoms with Gasteiger partial charge in [0.25, 0.3) is 5.91 Å². The third-order valence-corrected chi connectivity index (χ3v) is 3.98. The number of hydrazine groups is 1. The number of H-pyrrole nitrogens is 1. The third-order valence-electron chi connectivity index (χ3n) is 3.28. The van der Waals surface area contributed by atoms with Crippen molar-refractivity contribution in [1.82, 2.24) is 21.2 Å². The number of rotatable bonds is 7. The lowest BCUT2D eigenvalue weighted by atomic mass is 9.99. The van der Waals surface area contributed by atoms with Crippen LogP contribution in [0.4, 0.5) is 0 Å². The van der Waals surface area contributed by atoms with Crippen LogP contribution in [0.2, 0.25) is 0 Å². The minimum Gasteiger partial charge on any atom is -0.361 e. The summed E-state index contributed by atoms with van der Waals surface area (Å²) in [7, 11) is 0. The van der Waals surface area contributed by atoms with Gasteiger partial charge in [0.1, 0.15) is 5.69 Å². The van der Waals surface area contributed by atoms with Gasteiger partial charge in [0.05, 0.1) is 0 Å². The highest BCUT2D eigenvalue weighted by atomic mass is 79.9. The van der Waals surface area contributed by atoms with Gasteiger partial charge >= 0.3 is 0 Å². The Bertz CT molecular complexity index is 464. The molecule has 0 bridgehead atoms. The molecule has 0 aliphatic heterocycles. The largest absolute Gasteiger partial charge is 0.361 e. The first kappa shape index (κ1) is 18.0. The minimum absolute atomic E-state index is 0.261. The Morgan fingerprint density at radius 1 is 1.43 bits per heavy atom. The Balaban J connectivity index is 2.25. The second-order valence-corrected chi connectivity index (χ2v) is 6.26.